The van der Waals surface area contributed by atoms with E-state index in [-0.39, 0.29) is 24.5 Å². The minimum atomic E-state index is -0.565. The molecule has 27 heavy (non-hydrogen) atoms. The van der Waals surface area contributed by atoms with Crippen molar-refractivity contribution >= 4 is 28.5 Å². The van der Waals surface area contributed by atoms with Gasteiger partial charge in [-0.05, 0) is 42.1 Å². The van der Waals surface area contributed by atoms with Gasteiger partial charge in [0.2, 0.25) is 5.91 Å². The van der Waals surface area contributed by atoms with Crippen LogP contribution in [-0.4, -0.2) is 37.4 Å². The quantitative estimate of drug-likeness (QED) is 0.678. The van der Waals surface area contributed by atoms with Crippen LogP contribution in [0.15, 0.2) is 39.2 Å². The Morgan fingerprint density at radius 1 is 1.11 bits per heavy atom. The number of aromatic nitrogens is 3. The topological polar surface area (TPSA) is 77.2 Å². The van der Waals surface area contributed by atoms with Gasteiger partial charge >= 0.3 is 5.69 Å². The maximum absolute atomic E-state index is 13.1. The summed E-state index contributed by atoms with van der Waals surface area (Å²) in [6.07, 6.45) is 1.92. The first-order chi connectivity index (χ1) is 13.0. The molecule has 2 aromatic heterocycles. The molecule has 0 saturated carbocycles. The molecule has 0 aliphatic carbocycles. The third-order valence-corrected chi connectivity index (χ3v) is 5.37. The van der Waals surface area contributed by atoms with Crippen molar-refractivity contribution in [3.05, 3.63) is 61.9 Å². The molecule has 1 fully saturated rings. The summed E-state index contributed by atoms with van der Waals surface area (Å²) in [6.45, 7) is 1.24. The standard InChI is InChI=1S/C18H17FN4O3S/c19-13-5-3-12(4-6-13)9-23-17(25)16-14(11-27-20-16)22(18(23)26)10-15(24)21-7-1-2-8-21/h3-6,11H,1-2,7-10H2. The van der Waals surface area contributed by atoms with Crippen molar-refractivity contribution in [1.82, 2.24) is 18.4 Å². The Morgan fingerprint density at radius 3 is 2.52 bits per heavy atom. The number of carbonyl (C=O) groups is 1. The van der Waals surface area contributed by atoms with Crippen LogP contribution >= 0.6 is 11.5 Å². The zero-order valence-electron chi connectivity index (χ0n) is 14.4. The van der Waals surface area contributed by atoms with Crippen LogP contribution in [0.4, 0.5) is 4.39 Å². The first kappa shape index (κ1) is 17.6. The minimum absolute atomic E-state index is 0.0106. The molecule has 3 aromatic rings. The number of fused-ring (bicyclic) bond motifs is 1. The Balaban J connectivity index is 1.77. The van der Waals surface area contributed by atoms with Gasteiger partial charge in [-0.1, -0.05) is 12.1 Å². The predicted octanol–water partition coefficient (Wildman–Crippen LogP) is 1.43. The lowest BCUT2D eigenvalue weighted by molar-refractivity contribution is -0.130. The summed E-state index contributed by atoms with van der Waals surface area (Å²) in [7, 11) is 0. The van der Waals surface area contributed by atoms with Gasteiger partial charge < -0.3 is 4.90 Å². The van der Waals surface area contributed by atoms with Crippen molar-refractivity contribution in [2.24, 2.45) is 0 Å². The number of halogens is 1. The Bertz CT molecular complexity index is 1110. The van der Waals surface area contributed by atoms with E-state index in [2.05, 4.69) is 4.37 Å². The highest BCUT2D eigenvalue weighted by molar-refractivity contribution is 7.04. The zero-order chi connectivity index (χ0) is 19.0. The predicted molar refractivity (Wildman–Crippen MR) is 99.5 cm³/mol. The highest BCUT2D eigenvalue weighted by Crippen LogP contribution is 2.13. The summed E-state index contributed by atoms with van der Waals surface area (Å²) < 4.78 is 19.6. The number of benzene rings is 1. The summed E-state index contributed by atoms with van der Waals surface area (Å²) in [6, 6.07) is 5.59. The van der Waals surface area contributed by atoms with Crippen molar-refractivity contribution in [3.63, 3.8) is 0 Å². The van der Waals surface area contributed by atoms with E-state index >= 15 is 0 Å². The SMILES string of the molecule is O=C(Cn1c(=O)n(Cc2ccc(F)cc2)c(=O)c2nscc21)N1CCCC1. The van der Waals surface area contributed by atoms with E-state index in [0.29, 0.717) is 24.2 Å². The summed E-state index contributed by atoms with van der Waals surface area (Å²) in [4.78, 5) is 40.0. The third kappa shape index (κ3) is 3.30. The van der Waals surface area contributed by atoms with Crippen LogP contribution in [0.25, 0.3) is 11.0 Å². The number of nitrogens with zero attached hydrogens (tertiary/aromatic N) is 4. The second kappa shape index (κ2) is 7.07. The zero-order valence-corrected chi connectivity index (χ0v) is 15.2. The molecule has 0 N–H and O–H groups in total. The fourth-order valence-corrected chi connectivity index (χ4v) is 3.97. The second-order valence-corrected chi connectivity index (χ2v) is 7.15. The molecular weight excluding hydrogens is 371 g/mol. The van der Waals surface area contributed by atoms with E-state index in [0.717, 1.165) is 28.9 Å². The van der Waals surface area contributed by atoms with Gasteiger partial charge in [0.25, 0.3) is 5.56 Å². The minimum Gasteiger partial charge on any atom is -0.341 e. The molecule has 1 aromatic carbocycles. The third-order valence-electron chi connectivity index (χ3n) is 4.76. The van der Waals surface area contributed by atoms with Crippen LogP contribution in [0.5, 0.6) is 0 Å². The molecule has 1 aliphatic heterocycles. The van der Waals surface area contributed by atoms with Crippen molar-refractivity contribution in [3.8, 4) is 0 Å². The van der Waals surface area contributed by atoms with E-state index in [1.807, 2.05) is 0 Å². The fraction of sp³-hybridized carbons (Fsp3) is 0.333. The number of hydrogen-bond acceptors (Lipinski definition) is 5. The largest absolute Gasteiger partial charge is 0.341 e. The molecule has 0 atom stereocenters. The van der Waals surface area contributed by atoms with Crippen molar-refractivity contribution in [1.29, 1.82) is 0 Å². The average molecular weight is 388 g/mol. The van der Waals surface area contributed by atoms with E-state index in [9.17, 15) is 18.8 Å². The van der Waals surface area contributed by atoms with E-state index in [1.54, 1.807) is 10.3 Å². The summed E-state index contributed by atoms with van der Waals surface area (Å²) >= 11 is 1.07. The van der Waals surface area contributed by atoms with Crippen LogP contribution in [0, 0.1) is 5.82 Å². The molecule has 9 heteroatoms. The summed E-state index contributed by atoms with van der Waals surface area (Å²) in [5.41, 5.74) is 0.0754. The highest BCUT2D eigenvalue weighted by Gasteiger charge is 2.22. The Kier molecular flexibility index (Phi) is 4.61. The van der Waals surface area contributed by atoms with Gasteiger partial charge in [-0.25, -0.2) is 9.18 Å². The van der Waals surface area contributed by atoms with Crippen LogP contribution in [0.1, 0.15) is 18.4 Å². The van der Waals surface area contributed by atoms with Crippen LogP contribution < -0.4 is 11.2 Å². The second-order valence-electron chi connectivity index (χ2n) is 6.52. The number of likely N-dealkylation sites (tertiary alicyclic amines) is 1. The normalized spacial score (nSPS) is 14.2. The molecule has 1 aliphatic rings. The molecule has 0 unspecified atom stereocenters. The molecule has 0 spiro atoms. The lowest BCUT2D eigenvalue weighted by atomic mass is 10.2. The van der Waals surface area contributed by atoms with Gasteiger partial charge in [0.15, 0.2) is 5.52 Å². The van der Waals surface area contributed by atoms with Crippen LogP contribution in [0.2, 0.25) is 0 Å². The van der Waals surface area contributed by atoms with Gasteiger partial charge in [-0.3, -0.25) is 18.7 Å². The maximum atomic E-state index is 13.1. The maximum Gasteiger partial charge on any atom is 0.332 e. The monoisotopic (exact) mass is 388 g/mol. The Hall–Kier alpha value is -2.81. The smallest absolute Gasteiger partial charge is 0.332 e. The molecule has 1 saturated heterocycles. The number of rotatable bonds is 4. The van der Waals surface area contributed by atoms with Crippen LogP contribution in [0.3, 0.4) is 0 Å². The van der Waals surface area contributed by atoms with Crippen molar-refractivity contribution in [2.75, 3.05) is 13.1 Å². The van der Waals surface area contributed by atoms with Crippen molar-refractivity contribution < 1.29 is 9.18 Å². The van der Waals surface area contributed by atoms with Crippen molar-refractivity contribution in [2.45, 2.75) is 25.9 Å². The molecule has 0 bridgehead atoms. The molecule has 1 amide bonds. The lowest BCUT2D eigenvalue weighted by Crippen LogP contribution is -2.43. The lowest BCUT2D eigenvalue weighted by Gasteiger charge is -2.17. The van der Waals surface area contributed by atoms with Gasteiger partial charge in [-0.15, -0.1) is 0 Å². The summed E-state index contributed by atoms with van der Waals surface area (Å²) in [5, 5.41) is 1.61. The Labute approximate surface area is 157 Å². The number of hydrogen-bond donors (Lipinski definition) is 0. The Morgan fingerprint density at radius 2 is 1.81 bits per heavy atom. The number of carbonyl (C=O) groups excluding carboxylic acids is 1. The first-order valence-corrected chi connectivity index (χ1v) is 9.48. The highest BCUT2D eigenvalue weighted by atomic mass is 32.1. The first-order valence-electron chi connectivity index (χ1n) is 8.64. The van der Waals surface area contributed by atoms with Gasteiger partial charge in [0.1, 0.15) is 12.4 Å². The van der Waals surface area contributed by atoms with Gasteiger partial charge in [0.05, 0.1) is 12.1 Å². The van der Waals surface area contributed by atoms with E-state index in [1.165, 1.54) is 28.8 Å². The van der Waals surface area contributed by atoms with Crippen LogP contribution in [-0.2, 0) is 17.9 Å². The summed E-state index contributed by atoms with van der Waals surface area (Å²) in [5.74, 6) is -0.538. The molecule has 0 radical (unpaired) electrons. The van der Waals surface area contributed by atoms with E-state index < -0.39 is 17.1 Å². The fourth-order valence-electron chi connectivity index (χ4n) is 3.30. The molecule has 3 heterocycles. The van der Waals surface area contributed by atoms with Gasteiger partial charge in [-0.2, -0.15) is 4.37 Å². The molecule has 4 rings (SSSR count). The van der Waals surface area contributed by atoms with Gasteiger partial charge in [0, 0.05) is 18.5 Å². The molecule has 7 nitrogen and oxygen atoms in total. The average Bonchev–Trinajstić information content (AvgIpc) is 3.35. The molecule has 140 valence electrons. The van der Waals surface area contributed by atoms with E-state index in [4.69, 9.17) is 0 Å². The number of amides is 1. The molecular formula is C18H17FN4O3S.